The topological polar surface area (TPSA) is 67.4 Å². The van der Waals surface area contributed by atoms with Crippen LogP contribution in [0.1, 0.15) is 12.8 Å². The van der Waals surface area contributed by atoms with Crippen LogP contribution in [-0.2, 0) is 14.3 Å². The molecule has 0 saturated heterocycles. The van der Waals surface area contributed by atoms with Crippen LogP contribution in [0.3, 0.4) is 0 Å². The Kier molecular flexibility index (Phi) is 8.31. The number of ether oxygens (including phenoxy) is 1. The number of hydrogen-bond donors (Lipinski definition) is 2. The summed E-state index contributed by atoms with van der Waals surface area (Å²) in [5.74, 6) is -0.318. The molecule has 1 atom stereocenters. The van der Waals surface area contributed by atoms with Gasteiger partial charge in [0.25, 0.3) is 0 Å². The van der Waals surface area contributed by atoms with Gasteiger partial charge in [0, 0.05) is 24.3 Å². The molecule has 0 aliphatic rings. The van der Waals surface area contributed by atoms with Crippen molar-refractivity contribution in [3.05, 3.63) is 0 Å². The van der Waals surface area contributed by atoms with Crippen LogP contribution in [-0.4, -0.2) is 44.0 Å². The second-order valence-corrected chi connectivity index (χ2v) is 3.80. The van der Waals surface area contributed by atoms with Gasteiger partial charge in [0.2, 0.25) is 5.91 Å². The van der Waals surface area contributed by atoms with Gasteiger partial charge in [-0.05, 0) is 7.05 Å². The number of esters is 1. The van der Waals surface area contributed by atoms with Crippen LogP contribution in [0.15, 0.2) is 0 Å². The quantitative estimate of drug-likeness (QED) is 0.511. The van der Waals surface area contributed by atoms with Crippen LogP contribution in [0.4, 0.5) is 0 Å². The SMILES string of the molecule is CN[C@@H](CNC(=O)CCBr)CC(=O)OC. The summed E-state index contributed by atoms with van der Waals surface area (Å²) in [6.07, 6.45) is 0.691. The standard InChI is InChI=1S/C9H17BrN2O3/c1-11-7(5-9(14)15-2)6-12-8(13)3-4-10/h7,11H,3-6H2,1-2H3,(H,12,13)/t7-/m1/s1. The summed E-state index contributed by atoms with van der Waals surface area (Å²) >= 11 is 3.18. The van der Waals surface area contributed by atoms with Gasteiger partial charge in [-0.25, -0.2) is 0 Å². The first-order valence-electron chi connectivity index (χ1n) is 4.70. The zero-order chi connectivity index (χ0) is 11.7. The molecule has 0 fully saturated rings. The summed E-state index contributed by atoms with van der Waals surface area (Å²) < 4.78 is 4.54. The molecule has 5 nitrogen and oxygen atoms in total. The fourth-order valence-corrected chi connectivity index (χ4v) is 1.33. The number of amides is 1. The van der Waals surface area contributed by atoms with Gasteiger partial charge in [-0.2, -0.15) is 0 Å². The Morgan fingerprint density at radius 3 is 2.60 bits per heavy atom. The first-order valence-corrected chi connectivity index (χ1v) is 5.83. The molecule has 15 heavy (non-hydrogen) atoms. The van der Waals surface area contributed by atoms with E-state index >= 15 is 0 Å². The lowest BCUT2D eigenvalue weighted by Crippen LogP contribution is -2.40. The van der Waals surface area contributed by atoms with E-state index in [4.69, 9.17) is 0 Å². The maximum Gasteiger partial charge on any atom is 0.307 e. The number of carbonyl (C=O) groups is 2. The van der Waals surface area contributed by atoms with Gasteiger partial charge in [0.05, 0.1) is 13.5 Å². The zero-order valence-electron chi connectivity index (χ0n) is 9.01. The van der Waals surface area contributed by atoms with Gasteiger partial charge in [-0.3, -0.25) is 9.59 Å². The van der Waals surface area contributed by atoms with Crippen LogP contribution >= 0.6 is 15.9 Å². The molecule has 0 spiro atoms. The summed E-state index contributed by atoms with van der Waals surface area (Å²) in [6, 6.07) is -0.0864. The Bertz CT molecular complexity index is 212. The van der Waals surface area contributed by atoms with Gasteiger partial charge in [0.1, 0.15) is 0 Å². The normalized spacial score (nSPS) is 11.9. The Morgan fingerprint density at radius 2 is 2.13 bits per heavy atom. The monoisotopic (exact) mass is 280 g/mol. The van der Waals surface area contributed by atoms with Gasteiger partial charge in [0.15, 0.2) is 0 Å². The first kappa shape index (κ1) is 14.4. The third-order valence-electron chi connectivity index (χ3n) is 1.92. The van der Waals surface area contributed by atoms with Gasteiger partial charge in [-0.15, -0.1) is 0 Å². The molecule has 0 heterocycles. The second-order valence-electron chi connectivity index (χ2n) is 3.01. The molecule has 0 radical (unpaired) electrons. The van der Waals surface area contributed by atoms with Crippen molar-refractivity contribution in [1.82, 2.24) is 10.6 Å². The van der Waals surface area contributed by atoms with E-state index in [-0.39, 0.29) is 24.3 Å². The third kappa shape index (κ3) is 7.33. The lowest BCUT2D eigenvalue weighted by molar-refractivity contribution is -0.141. The second kappa shape index (κ2) is 8.67. The molecule has 0 aromatic heterocycles. The third-order valence-corrected chi connectivity index (χ3v) is 2.31. The number of likely N-dealkylation sites (N-methyl/N-ethyl adjacent to an activating group) is 1. The molecule has 0 aromatic carbocycles. The van der Waals surface area contributed by atoms with E-state index in [9.17, 15) is 9.59 Å². The molecular weight excluding hydrogens is 264 g/mol. The molecule has 0 saturated carbocycles. The number of rotatable bonds is 7. The van der Waals surface area contributed by atoms with Gasteiger partial charge >= 0.3 is 5.97 Å². The van der Waals surface area contributed by atoms with Gasteiger partial charge in [-0.1, -0.05) is 15.9 Å². The highest BCUT2D eigenvalue weighted by atomic mass is 79.9. The van der Waals surface area contributed by atoms with Crippen molar-refractivity contribution in [2.45, 2.75) is 18.9 Å². The predicted octanol–water partition coefficient (Wildman–Crippen LogP) is 0.0387. The Hall–Kier alpha value is -0.620. The summed E-state index contributed by atoms with van der Waals surface area (Å²) in [5.41, 5.74) is 0. The highest BCUT2D eigenvalue weighted by molar-refractivity contribution is 9.09. The smallest absolute Gasteiger partial charge is 0.307 e. The van der Waals surface area contributed by atoms with Crippen molar-refractivity contribution in [3.63, 3.8) is 0 Å². The summed E-state index contributed by atoms with van der Waals surface area (Å²) in [6.45, 7) is 0.428. The Labute approximate surface area is 98.1 Å². The van der Waals surface area contributed by atoms with Crippen molar-refractivity contribution in [1.29, 1.82) is 0 Å². The first-order chi connectivity index (χ1) is 7.13. The average Bonchev–Trinajstić information content (AvgIpc) is 2.24. The molecule has 2 N–H and O–H groups in total. The van der Waals surface area contributed by atoms with Crippen molar-refractivity contribution in [2.75, 3.05) is 26.0 Å². The molecule has 0 aromatic rings. The minimum Gasteiger partial charge on any atom is -0.469 e. The number of halogens is 1. The number of nitrogens with one attached hydrogen (secondary N) is 2. The molecule has 0 aliphatic heterocycles. The molecule has 6 heteroatoms. The zero-order valence-corrected chi connectivity index (χ0v) is 10.6. The molecule has 0 rings (SSSR count). The molecule has 0 unspecified atom stereocenters. The summed E-state index contributed by atoms with van der Waals surface area (Å²) in [7, 11) is 3.09. The molecule has 0 bridgehead atoms. The van der Waals surface area contributed by atoms with E-state index in [0.29, 0.717) is 18.3 Å². The van der Waals surface area contributed by atoms with Crippen molar-refractivity contribution >= 4 is 27.8 Å². The summed E-state index contributed by atoms with van der Waals surface area (Å²) in [5, 5.41) is 6.30. The molecule has 0 aliphatic carbocycles. The van der Waals surface area contributed by atoms with Crippen molar-refractivity contribution in [2.24, 2.45) is 0 Å². The number of carbonyl (C=O) groups excluding carboxylic acids is 2. The van der Waals surface area contributed by atoms with E-state index in [1.807, 2.05) is 0 Å². The number of alkyl halides is 1. The van der Waals surface area contributed by atoms with E-state index in [1.165, 1.54) is 7.11 Å². The van der Waals surface area contributed by atoms with Crippen LogP contribution < -0.4 is 10.6 Å². The highest BCUT2D eigenvalue weighted by Crippen LogP contribution is 1.93. The van der Waals surface area contributed by atoms with Crippen molar-refractivity contribution in [3.8, 4) is 0 Å². The predicted molar refractivity (Wildman–Crippen MR) is 60.9 cm³/mol. The molecular formula is C9H17BrN2O3. The summed E-state index contributed by atoms with van der Waals surface area (Å²) in [4.78, 5) is 22.1. The van der Waals surface area contributed by atoms with Crippen LogP contribution in [0.25, 0.3) is 0 Å². The van der Waals surface area contributed by atoms with E-state index in [1.54, 1.807) is 7.05 Å². The van der Waals surface area contributed by atoms with Gasteiger partial charge < -0.3 is 15.4 Å². The number of methoxy groups -OCH3 is 1. The fraction of sp³-hybridized carbons (Fsp3) is 0.778. The Morgan fingerprint density at radius 1 is 1.47 bits per heavy atom. The highest BCUT2D eigenvalue weighted by Gasteiger charge is 2.12. The average molecular weight is 281 g/mol. The largest absolute Gasteiger partial charge is 0.469 e. The maximum absolute atomic E-state index is 11.1. The fourth-order valence-electron chi connectivity index (χ4n) is 0.972. The van der Waals surface area contributed by atoms with Crippen LogP contribution in [0.5, 0.6) is 0 Å². The lowest BCUT2D eigenvalue weighted by atomic mass is 10.2. The molecule has 88 valence electrons. The maximum atomic E-state index is 11.1. The van der Waals surface area contributed by atoms with Crippen LogP contribution in [0.2, 0.25) is 0 Å². The van der Waals surface area contributed by atoms with E-state index in [2.05, 4.69) is 31.3 Å². The van der Waals surface area contributed by atoms with E-state index in [0.717, 1.165) is 0 Å². The molecule has 1 amide bonds. The lowest BCUT2D eigenvalue weighted by Gasteiger charge is -2.15. The van der Waals surface area contributed by atoms with E-state index < -0.39 is 0 Å². The van der Waals surface area contributed by atoms with Crippen LogP contribution in [0, 0.1) is 0 Å². The minimum atomic E-state index is -0.288. The number of hydrogen-bond acceptors (Lipinski definition) is 4. The Balaban J connectivity index is 3.79. The minimum absolute atomic E-state index is 0.0306. The van der Waals surface area contributed by atoms with Crippen molar-refractivity contribution < 1.29 is 14.3 Å².